The van der Waals surface area contributed by atoms with Crippen LogP contribution in [-0.4, -0.2) is 47.8 Å². The number of carbonyl (C=O) groups excluding carboxylic acids is 3. The van der Waals surface area contributed by atoms with Crippen molar-refractivity contribution in [2.75, 3.05) is 0 Å². The van der Waals surface area contributed by atoms with Crippen molar-refractivity contribution in [3.05, 3.63) is 36.5 Å². The van der Waals surface area contributed by atoms with Crippen LogP contribution in [0.1, 0.15) is 73.6 Å². The van der Waals surface area contributed by atoms with E-state index in [1.807, 2.05) is 13.8 Å². The molecule has 3 aliphatic rings. The molecule has 0 bridgehead atoms. The monoisotopic (exact) mass is 518 g/mol. The lowest BCUT2D eigenvalue weighted by Gasteiger charge is -2.60. The van der Waals surface area contributed by atoms with Gasteiger partial charge in [-0.05, 0) is 55.4 Å². The fourth-order valence-electron chi connectivity index (χ4n) is 6.45. The van der Waals surface area contributed by atoms with E-state index in [-0.39, 0.29) is 23.7 Å². The van der Waals surface area contributed by atoms with Crippen LogP contribution in [-0.2, 0) is 33.3 Å². The van der Waals surface area contributed by atoms with Crippen molar-refractivity contribution >= 4 is 17.9 Å². The molecule has 0 aromatic carbocycles. The van der Waals surface area contributed by atoms with Gasteiger partial charge in [0.15, 0.2) is 0 Å². The molecular weight excluding hydrogens is 476 g/mol. The summed E-state index contributed by atoms with van der Waals surface area (Å²) in [6.07, 6.45) is 2.45. The van der Waals surface area contributed by atoms with Crippen molar-refractivity contribution in [2.24, 2.45) is 28.6 Å². The highest BCUT2D eigenvalue weighted by Gasteiger charge is 2.71. The van der Waals surface area contributed by atoms with Gasteiger partial charge in [0.05, 0.1) is 17.4 Å². The molecule has 37 heavy (non-hydrogen) atoms. The van der Waals surface area contributed by atoms with E-state index in [0.29, 0.717) is 31.3 Å². The third kappa shape index (κ3) is 5.28. The highest BCUT2D eigenvalue weighted by atomic mass is 16.8. The molecule has 0 radical (unpaired) electrons. The number of aliphatic hydroxyl groups is 1. The molecule has 0 unspecified atom stereocenters. The molecule has 1 saturated carbocycles. The third-order valence-corrected chi connectivity index (χ3v) is 8.95. The Bertz CT molecular complexity index is 969. The number of carbonyl (C=O) groups is 3. The fraction of sp³-hybridized carbons (Fsp3) is 0.690. The minimum Gasteiger partial charge on any atom is -0.458 e. The van der Waals surface area contributed by atoms with Gasteiger partial charge in [-0.2, -0.15) is 0 Å². The number of hydrogen-bond donors (Lipinski definition) is 1. The van der Waals surface area contributed by atoms with Crippen molar-refractivity contribution in [3.8, 4) is 0 Å². The molecule has 3 rings (SSSR count). The largest absolute Gasteiger partial charge is 0.458 e. The number of esters is 3. The first-order valence-corrected chi connectivity index (χ1v) is 13.2. The maximum Gasteiger partial charge on any atom is 0.309 e. The molecule has 1 saturated heterocycles. The van der Waals surface area contributed by atoms with Gasteiger partial charge in [-0.15, -0.1) is 0 Å². The van der Waals surface area contributed by atoms with Crippen molar-refractivity contribution in [1.29, 1.82) is 0 Å². The lowest BCUT2D eigenvalue weighted by atomic mass is 9.45. The average Bonchev–Trinajstić information content (AvgIpc) is 3.12. The Morgan fingerprint density at radius 3 is 2.43 bits per heavy atom. The first-order valence-electron chi connectivity index (χ1n) is 13.2. The molecule has 1 spiro atoms. The van der Waals surface area contributed by atoms with Gasteiger partial charge in [0.2, 0.25) is 12.6 Å². The van der Waals surface area contributed by atoms with E-state index in [2.05, 4.69) is 27.0 Å². The molecule has 206 valence electrons. The predicted molar refractivity (Wildman–Crippen MR) is 137 cm³/mol. The molecule has 0 amide bonds. The van der Waals surface area contributed by atoms with Crippen LogP contribution in [0, 0.1) is 28.6 Å². The molecular formula is C29H42O8. The van der Waals surface area contributed by atoms with Crippen LogP contribution >= 0.6 is 0 Å². The molecule has 2 fully saturated rings. The van der Waals surface area contributed by atoms with E-state index in [9.17, 15) is 19.5 Å². The smallest absolute Gasteiger partial charge is 0.309 e. The summed E-state index contributed by atoms with van der Waals surface area (Å²) in [4.78, 5) is 37.0. The molecule has 1 aliphatic heterocycles. The van der Waals surface area contributed by atoms with Crippen molar-refractivity contribution < 1.29 is 38.4 Å². The van der Waals surface area contributed by atoms with E-state index in [0.717, 1.165) is 12.0 Å². The standard InChI is InChI=1S/C29H42O8/c1-9-16(3)11-12-28(8)18(5)13-24(32)29-22(26(34-19(6)30)37-27(29)35-20(7)31)14-21(15-23(28)29)36-25(33)17(4)10-2/h9,14,17-18,21,23-24,26-27,32H,1,3,10-13,15H2,2,4-8H3/t17-,18-,21+,23+,24+,26+,27-,28-,29-/m1/s1. The van der Waals surface area contributed by atoms with Crippen molar-refractivity contribution in [1.82, 2.24) is 0 Å². The van der Waals surface area contributed by atoms with Gasteiger partial charge in [-0.3, -0.25) is 19.1 Å². The summed E-state index contributed by atoms with van der Waals surface area (Å²) in [6, 6.07) is 0. The third-order valence-electron chi connectivity index (χ3n) is 8.95. The number of rotatable bonds is 9. The normalized spacial score (nSPS) is 37.3. The maximum absolute atomic E-state index is 12.8. The van der Waals surface area contributed by atoms with Crippen molar-refractivity contribution in [2.45, 2.75) is 98.4 Å². The van der Waals surface area contributed by atoms with E-state index in [1.54, 1.807) is 12.2 Å². The second kappa shape index (κ2) is 11.1. The van der Waals surface area contributed by atoms with Gasteiger partial charge >= 0.3 is 17.9 Å². The van der Waals surface area contributed by atoms with Crippen LogP contribution in [0.25, 0.3) is 0 Å². The molecule has 2 aliphatic carbocycles. The van der Waals surface area contributed by atoms with Crippen LogP contribution in [0.3, 0.4) is 0 Å². The Balaban J connectivity index is 2.19. The zero-order valence-electron chi connectivity index (χ0n) is 23.0. The average molecular weight is 519 g/mol. The van der Waals surface area contributed by atoms with Gasteiger partial charge in [-0.1, -0.05) is 52.5 Å². The van der Waals surface area contributed by atoms with Crippen LogP contribution in [0.5, 0.6) is 0 Å². The molecule has 8 nitrogen and oxygen atoms in total. The van der Waals surface area contributed by atoms with E-state index in [4.69, 9.17) is 18.9 Å². The Morgan fingerprint density at radius 2 is 1.86 bits per heavy atom. The number of aliphatic hydroxyl groups excluding tert-OH is 1. The number of ether oxygens (including phenoxy) is 4. The van der Waals surface area contributed by atoms with Crippen LogP contribution in [0.2, 0.25) is 0 Å². The van der Waals surface area contributed by atoms with E-state index < -0.39 is 47.6 Å². The summed E-state index contributed by atoms with van der Waals surface area (Å²) in [7, 11) is 0. The lowest BCUT2D eigenvalue weighted by Crippen LogP contribution is -2.63. The van der Waals surface area contributed by atoms with Gasteiger partial charge in [0.1, 0.15) is 6.10 Å². The van der Waals surface area contributed by atoms with Crippen LogP contribution < -0.4 is 0 Å². The van der Waals surface area contributed by atoms with E-state index >= 15 is 0 Å². The second-order valence-corrected chi connectivity index (χ2v) is 11.2. The molecule has 0 aromatic rings. The molecule has 1 N–H and O–H groups in total. The molecule has 8 heteroatoms. The highest BCUT2D eigenvalue weighted by molar-refractivity contribution is 5.72. The quantitative estimate of drug-likeness (QED) is 0.204. The predicted octanol–water partition coefficient (Wildman–Crippen LogP) is 4.62. The molecule has 0 aromatic heterocycles. The Labute approximate surface area is 220 Å². The summed E-state index contributed by atoms with van der Waals surface area (Å²) in [6.45, 7) is 18.5. The summed E-state index contributed by atoms with van der Waals surface area (Å²) >= 11 is 0. The van der Waals surface area contributed by atoms with Crippen LogP contribution in [0.4, 0.5) is 0 Å². The summed E-state index contributed by atoms with van der Waals surface area (Å²) in [5, 5.41) is 11.7. The Kier molecular flexibility index (Phi) is 8.75. The maximum atomic E-state index is 12.8. The van der Waals surface area contributed by atoms with Crippen LogP contribution in [0.15, 0.2) is 36.5 Å². The first-order chi connectivity index (χ1) is 17.3. The topological polar surface area (TPSA) is 108 Å². The van der Waals surface area contributed by atoms with Gasteiger partial charge < -0.3 is 19.3 Å². The van der Waals surface area contributed by atoms with Gasteiger partial charge in [0, 0.05) is 19.4 Å². The second-order valence-electron chi connectivity index (χ2n) is 11.2. The number of allylic oxidation sites excluding steroid dienone is 2. The fourth-order valence-corrected chi connectivity index (χ4v) is 6.45. The minimum atomic E-state index is -1.18. The SMILES string of the molecule is C=CC(=C)CC[C@]1(C)[C@H](C)C[C@H](O)[C@@]23C(=C[C@H](OC(=O)[C@H](C)CC)C[C@@H]12)[C@@H](OC(C)=O)O[C@H]3OC(C)=O. The molecule has 1 heterocycles. The Morgan fingerprint density at radius 1 is 1.22 bits per heavy atom. The zero-order valence-corrected chi connectivity index (χ0v) is 23.0. The van der Waals surface area contributed by atoms with Gasteiger partial charge in [-0.25, -0.2) is 0 Å². The Hall–Kier alpha value is -2.45. The summed E-state index contributed by atoms with van der Waals surface area (Å²) < 4.78 is 23.2. The van der Waals surface area contributed by atoms with Crippen molar-refractivity contribution in [3.63, 3.8) is 0 Å². The lowest BCUT2D eigenvalue weighted by molar-refractivity contribution is -0.254. The summed E-state index contributed by atoms with van der Waals surface area (Å²) in [5.74, 6) is -1.99. The molecule has 9 atom stereocenters. The minimum absolute atomic E-state index is 0.0757. The summed E-state index contributed by atoms with van der Waals surface area (Å²) in [5.41, 5.74) is -0.169. The highest BCUT2D eigenvalue weighted by Crippen LogP contribution is 2.67. The first kappa shape index (κ1) is 29.1. The van der Waals surface area contributed by atoms with E-state index in [1.165, 1.54) is 13.8 Å². The number of hydrogen-bond acceptors (Lipinski definition) is 8. The zero-order chi connectivity index (χ0) is 27.7. The van der Waals surface area contributed by atoms with Gasteiger partial charge in [0.25, 0.3) is 0 Å².